The average Bonchev–Trinajstić information content (AvgIpc) is 3.36. The van der Waals surface area contributed by atoms with Gasteiger partial charge in [0.05, 0.1) is 6.04 Å². The van der Waals surface area contributed by atoms with E-state index >= 15 is 0 Å². The van der Waals surface area contributed by atoms with E-state index in [0.717, 1.165) is 35.2 Å². The number of hydrogen-bond acceptors (Lipinski definition) is 4. The van der Waals surface area contributed by atoms with Crippen LogP contribution in [0, 0.1) is 5.92 Å². The van der Waals surface area contributed by atoms with Crippen LogP contribution in [0.4, 0.5) is 11.7 Å². The molecule has 5 nitrogen and oxygen atoms in total. The van der Waals surface area contributed by atoms with Crippen LogP contribution in [-0.4, -0.2) is 10.9 Å². The SMILES string of the molecule is C[C@H](Nc1nc2ccccc2o1)c1ccc(NC(=O)C2CC2)cc1. The summed E-state index contributed by atoms with van der Waals surface area (Å²) in [7, 11) is 0. The van der Waals surface area contributed by atoms with Gasteiger partial charge in [-0.1, -0.05) is 24.3 Å². The second-order valence-electron chi connectivity index (χ2n) is 6.24. The summed E-state index contributed by atoms with van der Waals surface area (Å²) in [6.07, 6.45) is 2.02. The van der Waals surface area contributed by atoms with Crippen molar-refractivity contribution in [2.45, 2.75) is 25.8 Å². The zero-order valence-corrected chi connectivity index (χ0v) is 13.5. The van der Waals surface area contributed by atoms with Crippen molar-refractivity contribution in [2.24, 2.45) is 5.92 Å². The minimum Gasteiger partial charge on any atom is -0.424 e. The molecule has 1 amide bonds. The van der Waals surface area contributed by atoms with E-state index in [1.807, 2.05) is 55.5 Å². The monoisotopic (exact) mass is 321 g/mol. The molecule has 0 saturated heterocycles. The van der Waals surface area contributed by atoms with Gasteiger partial charge in [0, 0.05) is 11.6 Å². The van der Waals surface area contributed by atoms with Crippen molar-refractivity contribution in [3.63, 3.8) is 0 Å². The van der Waals surface area contributed by atoms with E-state index in [1.54, 1.807) is 0 Å². The Balaban J connectivity index is 1.43. The number of para-hydroxylation sites is 2. The van der Waals surface area contributed by atoms with Crippen LogP contribution in [0.1, 0.15) is 31.4 Å². The Kier molecular flexibility index (Phi) is 3.69. The number of anilines is 2. The molecule has 24 heavy (non-hydrogen) atoms. The number of carbonyl (C=O) groups excluding carboxylic acids is 1. The van der Waals surface area contributed by atoms with E-state index in [2.05, 4.69) is 15.6 Å². The van der Waals surface area contributed by atoms with E-state index in [9.17, 15) is 4.79 Å². The molecule has 2 N–H and O–H groups in total. The Labute approximate surface area is 140 Å². The summed E-state index contributed by atoms with van der Waals surface area (Å²) in [5.41, 5.74) is 3.54. The highest BCUT2D eigenvalue weighted by Gasteiger charge is 2.29. The third-order valence-corrected chi connectivity index (χ3v) is 4.26. The highest BCUT2D eigenvalue weighted by atomic mass is 16.4. The van der Waals surface area contributed by atoms with Gasteiger partial charge in [-0.3, -0.25) is 4.79 Å². The Morgan fingerprint density at radius 2 is 1.92 bits per heavy atom. The van der Waals surface area contributed by atoms with Crippen LogP contribution in [0.15, 0.2) is 52.9 Å². The molecule has 0 spiro atoms. The average molecular weight is 321 g/mol. The van der Waals surface area contributed by atoms with E-state index in [-0.39, 0.29) is 17.9 Å². The van der Waals surface area contributed by atoms with Gasteiger partial charge in [-0.25, -0.2) is 0 Å². The molecule has 122 valence electrons. The number of amides is 1. The van der Waals surface area contributed by atoms with Gasteiger partial charge in [-0.05, 0) is 49.6 Å². The van der Waals surface area contributed by atoms with Crippen LogP contribution < -0.4 is 10.6 Å². The molecule has 0 aliphatic heterocycles. The molecule has 0 bridgehead atoms. The third-order valence-electron chi connectivity index (χ3n) is 4.26. The number of oxazole rings is 1. The summed E-state index contributed by atoms with van der Waals surface area (Å²) >= 11 is 0. The molecule has 1 heterocycles. The molecule has 5 heteroatoms. The first-order chi connectivity index (χ1) is 11.7. The number of nitrogens with zero attached hydrogens (tertiary/aromatic N) is 1. The fraction of sp³-hybridized carbons (Fsp3) is 0.263. The van der Waals surface area contributed by atoms with Gasteiger partial charge in [0.2, 0.25) is 5.91 Å². The minimum atomic E-state index is 0.0474. The molecule has 4 rings (SSSR count). The summed E-state index contributed by atoms with van der Waals surface area (Å²) in [6, 6.07) is 16.1. The Morgan fingerprint density at radius 3 is 2.62 bits per heavy atom. The van der Waals surface area contributed by atoms with Gasteiger partial charge in [-0.15, -0.1) is 0 Å². The predicted molar refractivity (Wildman–Crippen MR) is 93.8 cm³/mol. The van der Waals surface area contributed by atoms with Crippen molar-refractivity contribution in [2.75, 3.05) is 10.6 Å². The zero-order chi connectivity index (χ0) is 16.5. The molecule has 1 aliphatic rings. The van der Waals surface area contributed by atoms with Crippen molar-refractivity contribution in [3.8, 4) is 0 Å². The van der Waals surface area contributed by atoms with Crippen LogP contribution in [0.25, 0.3) is 11.1 Å². The molecule has 1 saturated carbocycles. The molecule has 1 aliphatic carbocycles. The fourth-order valence-electron chi connectivity index (χ4n) is 2.65. The van der Waals surface area contributed by atoms with E-state index < -0.39 is 0 Å². The molecule has 2 aromatic carbocycles. The largest absolute Gasteiger partial charge is 0.424 e. The summed E-state index contributed by atoms with van der Waals surface area (Å²) in [6.45, 7) is 2.05. The zero-order valence-electron chi connectivity index (χ0n) is 13.5. The molecule has 0 radical (unpaired) electrons. The van der Waals surface area contributed by atoms with Crippen molar-refractivity contribution < 1.29 is 9.21 Å². The number of carbonyl (C=O) groups is 1. The number of hydrogen-bond donors (Lipinski definition) is 2. The third kappa shape index (κ3) is 3.11. The van der Waals surface area contributed by atoms with Crippen LogP contribution >= 0.6 is 0 Å². The molecule has 1 aromatic heterocycles. The van der Waals surface area contributed by atoms with Crippen molar-refractivity contribution in [3.05, 3.63) is 54.1 Å². The number of benzene rings is 2. The summed E-state index contributed by atoms with van der Waals surface area (Å²) in [4.78, 5) is 16.2. The van der Waals surface area contributed by atoms with Crippen LogP contribution in [-0.2, 0) is 4.79 Å². The van der Waals surface area contributed by atoms with Crippen molar-refractivity contribution in [1.29, 1.82) is 0 Å². The second kappa shape index (κ2) is 6.00. The molecular weight excluding hydrogens is 302 g/mol. The van der Waals surface area contributed by atoms with Crippen LogP contribution in [0.5, 0.6) is 0 Å². The summed E-state index contributed by atoms with van der Waals surface area (Å²) in [5.74, 6) is 0.338. The molecule has 1 atom stereocenters. The van der Waals surface area contributed by atoms with Crippen LogP contribution in [0.3, 0.4) is 0 Å². The molecule has 3 aromatic rings. The number of aromatic nitrogens is 1. The van der Waals surface area contributed by atoms with Crippen molar-refractivity contribution >= 4 is 28.7 Å². The topological polar surface area (TPSA) is 67.2 Å². The van der Waals surface area contributed by atoms with Gasteiger partial charge in [0.15, 0.2) is 5.58 Å². The normalized spacial score (nSPS) is 15.2. The number of nitrogens with one attached hydrogen (secondary N) is 2. The lowest BCUT2D eigenvalue weighted by molar-refractivity contribution is -0.117. The standard InChI is InChI=1S/C19H19N3O2/c1-12(20-19-22-16-4-2-3-5-17(16)24-19)13-8-10-15(11-9-13)21-18(23)14-6-7-14/h2-5,8-12,14H,6-7H2,1H3,(H,20,22)(H,21,23)/t12-/m0/s1. The molecule has 0 unspecified atom stereocenters. The van der Waals surface area contributed by atoms with Gasteiger partial charge in [0.1, 0.15) is 5.52 Å². The summed E-state index contributed by atoms with van der Waals surface area (Å²) in [5, 5.41) is 6.22. The molecule has 1 fully saturated rings. The smallest absolute Gasteiger partial charge is 0.296 e. The predicted octanol–water partition coefficient (Wildman–Crippen LogP) is 4.35. The fourth-order valence-corrected chi connectivity index (χ4v) is 2.65. The Morgan fingerprint density at radius 1 is 1.17 bits per heavy atom. The maximum absolute atomic E-state index is 11.8. The maximum Gasteiger partial charge on any atom is 0.296 e. The lowest BCUT2D eigenvalue weighted by atomic mass is 10.1. The molecular formula is C19H19N3O2. The minimum absolute atomic E-state index is 0.0474. The lowest BCUT2D eigenvalue weighted by Crippen LogP contribution is -2.13. The lowest BCUT2D eigenvalue weighted by Gasteiger charge is -2.13. The van der Waals surface area contributed by atoms with Gasteiger partial charge < -0.3 is 15.1 Å². The van der Waals surface area contributed by atoms with Gasteiger partial charge in [-0.2, -0.15) is 4.98 Å². The second-order valence-corrected chi connectivity index (χ2v) is 6.24. The highest BCUT2D eigenvalue weighted by Crippen LogP contribution is 2.30. The maximum atomic E-state index is 11.8. The van der Waals surface area contributed by atoms with E-state index in [0.29, 0.717) is 6.01 Å². The van der Waals surface area contributed by atoms with Gasteiger partial charge >= 0.3 is 0 Å². The number of rotatable bonds is 5. The summed E-state index contributed by atoms with van der Waals surface area (Å²) < 4.78 is 5.69. The van der Waals surface area contributed by atoms with Crippen molar-refractivity contribution in [1.82, 2.24) is 4.98 Å². The first kappa shape index (κ1) is 14.8. The first-order valence-corrected chi connectivity index (χ1v) is 8.22. The first-order valence-electron chi connectivity index (χ1n) is 8.22. The van der Waals surface area contributed by atoms with Crippen LogP contribution in [0.2, 0.25) is 0 Å². The highest BCUT2D eigenvalue weighted by molar-refractivity contribution is 5.94. The Bertz CT molecular complexity index is 833. The quantitative estimate of drug-likeness (QED) is 0.733. The number of fused-ring (bicyclic) bond motifs is 1. The van der Waals surface area contributed by atoms with E-state index in [1.165, 1.54) is 0 Å². The van der Waals surface area contributed by atoms with Gasteiger partial charge in [0.25, 0.3) is 6.01 Å². The Hall–Kier alpha value is -2.82. The van der Waals surface area contributed by atoms with E-state index in [4.69, 9.17) is 4.42 Å².